The van der Waals surface area contributed by atoms with Crippen LogP contribution in [0.5, 0.6) is 23.0 Å². The average Bonchev–Trinajstić information content (AvgIpc) is 3.06. The third-order valence-electron chi connectivity index (χ3n) is 5.10. The third kappa shape index (κ3) is 6.86. The first-order valence-corrected chi connectivity index (χ1v) is 12.3. The Morgan fingerprint density at radius 2 is 1.38 bits per heavy atom. The summed E-state index contributed by atoms with van der Waals surface area (Å²) in [4.78, 5) is 62.6. The number of benzene rings is 3. The summed E-state index contributed by atoms with van der Waals surface area (Å²) in [7, 11) is -9.99. The molecule has 3 aromatic carbocycles. The van der Waals surface area contributed by atoms with Crippen molar-refractivity contribution in [2.45, 2.75) is 5.60 Å². The molecule has 15 nitrogen and oxygen atoms in total. The van der Waals surface area contributed by atoms with Crippen LogP contribution in [-0.2, 0) is 14.9 Å². The second-order valence-corrected chi connectivity index (χ2v) is 9.46. The topological polar surface area (TPSA) is 324 Å². The van der Waals surface area contributed by atoms with Gasteiger partial charge in [-0.25, -0.2) is 4.79 Å². The van der Waals surface area contributed by atoms with Crippen molar-refractivity contribution < 1.29 is 57.1 Å². The molecule has 0 saturated heterocycles. The summed E-state index contributed by atoms with van der Waals surface area (Å²) in [5.41, 5.74) is -0.0445. The Balaban J connectivity index is 0. The maximum atomic E-state index is 12.7. The number of quaternary nitrogens is 4. The van der Waals surface area contributed by atoms with E-state index in [1.54, 1.807) is 24.3 Å². The van der Waals surface area contributed by atoms with Gasteiger partial charge in [-0.3, -0.25) is 9.24 Å². The lowest BCUT2D eigenvalue weighted by Crippen LogP contribution is -2.33. The fourth-order valence-corrected chi connectivity index (χ4v) is 4.79. The number of fused-ring (bicyclic) bond motifs is 6. The first-order chi connectivity index (χ1) is 16.5. The van der Waals surface area contributed by atoms with Crippen molar-refractivity contribution in [2.24, 2.45) is 0 Å². The number of phosphoric acid groups is 1. The minimum atomic E-state index is -5.36. The van der Waals surface area contributed by atoms with Crippen LogP contribution in [0.3, 0.4) is 0 Å². The van der Waals surface area contributed by atoms with Gasteiger partial charge in [0.05, 0.1) is 5.56 Å². The highest BCUT2D eigenvalue weighted by Crippen LogP contribution is 2.58. The number of carbonyl (C=O) groups is 1. The van der Waals surface area contributed by atoms with Gasteiger partial charge in [-0.1, -0.05) is 18.2 Å². The summed E-state index contributed by atoms with van der Waals surface area (Å²) in [6.45, 7) is 0. The normalized spacial score (nSPS) is 15.9. The molecule has 19 heteroatoms. The summed E-state index contributed by atoms with van der Waals surface area (Å²) in [5.74, 6) is -1.05. The van der Waals surface area contributed by atoms with Gasteiger partial charge in [-0.15, -0.1) is 0 Å². The summed E-state index contributed by atoms with van der Waals surface area (Å²) in [6.07, 6.45) is 0. The maximum absolute atomic E-state index is 12.7. The maximum Gasteiger partial charge on any atom is 0.613 e. The molecule has 0 radical (unpaired) electrons. The molecule has 2 aliphatic heterocycles. The molecule has 0 amide bonds. The number of esters is 1. The van der Waals surface area contributed by atoms with Crippen LogP contribution in [0.1, 0.15) is 27.0 Å². The first-order valence-electron chi connectivity index (χ1n) is 9.62. The Kier molecular flexibility index (Phi) is 12.1. The van der Waals surface area contributed by atoms with Crippen LogP contribution >= 0.6 is 25.9 Å². The molecule has 3 aromatic rings. The Bertz CT molecular complexity index is 1380. The van der Waals surface area contributed by atoms with E-state index < -0.39 is 27.6 Å². The Labute approximate surface area is 226 Å². The quantitative estimate of drug-likeness (QED) is 0.164. The number of rotatable bonds is 4. The lowest BCUT2D eigenvalue weighted by molar-refractivity contribution is -0.333. The van der Waals surface area contributed by atoms with E-state index in [2.05, 4.69) is 5.97 Å². The van der Waals surface area contributed by atoms with Crippen molar-refractivity contribution in [1.29, 1.82) is 1.45 Å². The van der Waals surface area contributed by atoms with Crippen molar-refractivity contribution in [1.82, 2.24) is 24.6 Å². The molecule has 39 heavy (non-hydrogen) atoms. The number of hydrogen-bond acceptors (Lipinski definition) is 11. The van der Waals surface area contributed by atoms with Gasteiger partial charge in [0, 0.05) is 28.8 Å². The van der Waals surface area contributed by atoms with Gasteiger partial charge in [-0.2, -0.15) is 24.6 Å². The van der Waals surface area contributed by atoms with Gasteiger partial charge in [-0.05, 0) is 30.3 Å². The minimum Gasteiger partial charge on any atom is -0.780 e. The molecule has 5 rings (SSSR count). The molecule has 0 bridgehead atoms. The summed E-state index contributed by atoms with van der Waals surface area (Å²) in [5, 5.41) is 0. The monoisotopic (exact) mass is 618 g/mol. The smallest absolute Gasteiger partial charge is 0.613 e. The molecule has 2 heterocycles. The van der Waals surface area contributed by atoms with Gasteiger partial charge in [0.15, 0.2) is 11.4 Å². The Morgan fingerprint density at radius 3 is 1.92 bits per heavy atom. The van der Waals surface area contributed by atoms with Gasteiger partial charge >= 0.3 is 14.1 Å². The zero-order valence-electron chi connectivity index (χ0n) is 22.4. The van der Waals surface area contributed by atoms with Crippen molar-refractivity contribution in [2.75, 3.05) is 0 Å². The van der Waals surface area contributed by atoms with Crippen molar-refractivity contribution in [3.05, 3.63) is 82.9 Å². The lowest BCUT2D eigenvalue weighted by Gasteiger charge is -2.37. The number of halogens is 1. The molecule has 0 aromatic heterocycles. The highest BCUT2D eigenvalue weighted by molar-refractivity contribution is 7.53. The van der Waals surface area contributed by atoms with E-state index in [0.717, 1.165) is 6.07 Å². The Hall–Kier alpha value is -2.81. The third-order valence-corrected chi connectivity index (χ3v) is 5.99. The fraction of sp³-hybridized carbons (Fsp3) is 0.0500. The number of carbonyl (C=O) groups excluding carboxylic acids is 1. The van der Waals surface area contributed by atoms with Crippen LogP contribution < -0.4 is 48.2 Å². The summed E-state index contributed by atoms with van der Waals surface area (Å²) >= 11 is 0. The van der Waals surface area contributed by atoms with Crippen LogP contribution in [-0.4, -0.2) is 22.1 Å². The van der Waals surface area contributed by atoms with E-state index in [4.69, 9.17) is 18.7 Å². The molecular weight excluding hydrogens is 584 g/mol. The molecule has 19 N–H and O–H groups in total. The number of ether oxygens (including phenoxy) is 2. The zero-order valence-corrected chi connectivity index (χ0v) is 24.6. The molecule has 0 fully saturated rings. The van der Waals surface area contributed by atoms with E-state index in [-0.39, 0.29) is 57.5 Å². The second kappa shape index (κ2) is 13.0. The molecule has 0 saturated carbocycles. The second-order valence-electron chi connectivity index (χ2n) is 7.18. The molecule has 2 aliphatic rings. The predicted octanol–water partition coefficient (Wildman–Crippen LogP) is 3.21. The standard InChI is InChI=1S/C20H14O11P2.FH.4H3N.H3P/c21-19-13-3-1-2-4-14(13)20(29-19)15-7-5-11(30-32(22,23)24)9-17(15)28-18-10-12(6-8-16(18)20)31-33(25,26)27;;;;;;/h1-10,22-24H,(H-,25,26,27);1H;5*1H3/p+3/i/hD. The molecule has 1 spiro atoms. The highest BCUT2D eigenvalue weighted by Gasteiger charge is 2.53. The fourth-order valence-electron chi connectivity index (χ4n) is 4.02. The molecule has 218 valence electrons. The van der Waals surface area contributed by atoms with Gasteiger partial charge in [0.1, 0.15) is 25.1 Å². The summed E-state index contributed by atoms with van der Waals surface area (Å²) in [6, 6.07) is 14.4. The van der Waals surface area contributed by atoms with E-state index >= 15 is 0 Å². The number of hydrogen-bond donors (Lipinski definition) is 7. The van der Waals surface area contributed by atoms with Crippen LogP contribution in [0.4, 0.5) is 4.72 Å². The van der Waals surface area contributed by atoms with E-state index in [1.807, 2.05) is 0 Å². The number of phosphoric ester groups is 1. The van der Waals surface area contributed by atoms with E-state index in [1.165, 1.54) is 30.3 Å². The minimum absolute atomic E-state index is 0. The van der Waals surface area contributed by atoms with E-state index in [0.29, 0.717) is 22.3 Å². The van der Waals surface area contributed by atoms with Gasteiger partial charge in [0.2, 0.25) is 0 Å². The summed E-state index contributed by atoms with van der Waals surface area (Å²) < 4.78 is 44.9. The van der Waals surface area contributed by atoms with Crippen LogP contribution in [0, 0.1) is 0 Å². The highest BCUT2D eigenvalue weighted by atomic mass is 31.2. The van der Waals surface area contributed by atoms with Crippen molar-refractivity contribution in [3.8, 4) is 23.0 Å². The predicted molar refractivity (Wildman–Crippen MR) is 145 cm³/mol. The van der Waals surface area contributed by atoms with Crippen molar-refractivity contribution >= 4 is 31.9 Å². The molecule has 2 unspecified atom stereocenters. The molecule has 2 atom stereocenters. The Morgan fingerprint density at radius 1 is 0.872 bits per heavy atom. The zero-order chi connectivity index (χ0) is 25.6. The average molecular weight is 618 g/mol. The van der Waals surface area contributed by atoms with Crippen molar-refractivity contribution in [3.63, 3.8) is 0 Å². The van der Waals surface area contributed by atoms with Gasteiger partial charge in [0.25, 0.3) is 1.45 Å². The van der Waals surface area contributed by atoms with Crippen LogP contribution in [0.25, 0.3) is 0 Å². The van der Waals surface area contributed by atoms with Crippen LogP contribution in [0.2, 0.25) is 0 Å². The van der Waals surface area contributed by atoms with E-state index in [9.17, 15) is 33.8 Å². The molecule has 0 aliphatic carbocycles. The largest absolute Gasteiger partial charge is 0.780 e. The van der Waals surface area contributed by atoms with Crippen LogP contribution in [0.15, 0.2) is 60.7 Å². The SMILES string of the molecule is O=C1OC2(c3ccc(OP(=O)([O-])[O-])cc3Oc3cc(O[P+](O)(O)O)ccc32)c2ccccc21.P.[2H]F.[NH4+].[NH4+].[NH4+].[NH4+]. The first kappa shape index (κ1) is 36.2. The lowest BCUT2D eigenvalue weighted by atomic mass is 9.77. The molecular formula is C20H33FN4O11P3+3. The van der Waals surface area contributed by atoms with Gasteiger partial charge < -0.3 is 53.0 Å².